The maximum Gasteiger partial charge on any atom is 0.0463 e. The average molecular weight is 320 g/mol. The molecule has 1 unspecified atom stereocenters. The van der Waals surface area contributed by atoms with Crippen molar-refractivity contribution in [3.05, 3.63) is 67.2 Å². The summed E-state index contributed by atoms with van der Waals surface area (Å²) in [5.74, 6) is 0. The summed E-state index contributed by atoms with van der Waals surface area (Å²) in [7, 11) is 0. The highest BCUT2D eigenvalue weighted by Crippen LogP contribution is 2.25. The van der Waals surface area contributed by atoms with Gasteiger partial charge in [-0.15, -0.1) is 34.0 Å². The highest BCUT2D eigenvalue weighted by atomic mass is 32.1. The summed E-state index contributed by atoms with van der Waals surface area (Å²) < 4.78 is 0. The van der Waals surface area contributed by atoms with E-state index in [4.69, 9.17) is 0 Å². The van der Waals surface area contributed by atoms with E-state index in [2.05, 4.69) is 57.9 Å². The standard InChI is InChI=1S/C16H17NS3/c1-4-13(18-9-1)7-8-17-15(16-6-3-11-20-16)12-14-5-2-10-19-14/h1-6,9-11,15,17H,7-8,12H2. The molecule has 3 rings (SSSR count). The number of hydrogen-bond donors (Lipinski definition) is 1. The van der Waals surface area contributed by atoms with Crippen LogP contribution in [0, 0.1) is 0 Å². The molecule has 104 valence electrons. The molecule has 0 aliphatic heterocycles. The molecule has 0 aromatic carbocycles. The van der Waals surface area contributed by atoms with E-state index in [-0.39, 0.29) is 0 Å². The van der Waals surface area contributed by atoms with Gasteiger partial charge in [0.25, 0.3) is 0 Å². The summed E-state index contributed by atoms with van der Waals surface area (Å²) in [5.41, 5.74) is 0. The predicted octanol–water partition coefficient (Wildman–Crippen LogP) is 4.99. The maximum absolute atomic E-state index is 3.72. The normalized spacial score (nSPS) is 12.6. The SMILES string of the molecule is c1csc(CCNC(Cc2cccs2)c2cccs2)c1. The maximum atomic E-state index is 3.72. The van der Waals surface area contributed by atoms with Crippen LogP contribution < -0.4 is 5.32 Å². The van der Waals surface area contributed by atoms with Gasteiger partial charge in [0.1, 0.15) is 0 Å². The molecule has 1 N–H and O–H groups in total. The molecule has 0 aliphatic carbocycles. The van der Waals surface area contributed by atoms with Gasteiger partial charge in [-0.3, -0.25) is 0 Å². The Balaban J connectivity index is 1.60. The third kappa shape index (κ3) is 3.79. The van der Waals surface area contributed by atoms with Crippen molar-refractivity contribution < 1.29 is 0 Å². The third-order valence-corrected chi connectivity index (χ3v) is 6.04. The summed E-state index contributed by atoms with van der Waals surface area (Å²) in [6.07, 6.45) is 2.20. The van der Waals surface area contributed by atoms with Crippen LogP contribution in [0.3, 0.4) is 0 Å². The second-order valence-corrected chi connectivity index (χ2v) is 7.68. The molecule has 20 heavy (non-hydrogen) atoms. The highest BCUT2D eigenvalue weighted by molar-refractivity contribution is 7.10. The van der Waals surface area contributed by atoms with Crippen LogP contribution >= 0.6 is 34.0 Å². The topological polar surface area (TPSA) is 12.0 Å². The Hall–Kier alpha value is -0.940. The van der Waals surface area contributed by atoms with Crippen LogP contribution in [0.4, 0.5) is 0 Å². The summed E-state index contributed by atoms with van der Waals surface area (Å²) in [4.78, 5) is 4.34. The van der Waals surface area contributed by atoms with E-state index < -0.39 is 0 Å². The van der Waals surface area contributed by atoms with Crippen molar-refractivity contribution in [3.8, 4) is 0 Å². The molecule has 0 saturated carbocycles. The summed E-state index contributed by atoms with van der Waals surface area (Å²) in [6, 6.07) is 13.5. The zero-order valence-electron chi connectivity index (χ0n) is 11.1. The minimum absolute atomic E-state index is 0.439. The van der Waals surface area contributed by atoms with Gasteiger partial charge in [0, 0.05) is 33.6 Å². The summed E-state index contributed by atoms with van der Waals surface area (Å²) >= 11 is 5.53. The molecule has 0 spiro atoms. The van der Waals surface area contributed by atoms with E-state index in [0.717, 1.165) is 19.4 Å². The first-order valence-electron chi connectivity index (χ1n) is 6.73. The second-order valence-electron chi connectivity index (χ2n) is 4.63. The number of thiophene rings is 3. The molecule has 3 aromatic rings. The first kappa shape index (κ1) is 14.0. The van der Waals surface area contributed by atoms with E-state index in [1.807, 2.05) is 34.0 Å². The monoisotopic (exact) mass is 319 g/mol. The van der Waals surface area contributed by atoms with Crippen LogP contribution in [-0.4, -0.2) is 6.54 Å². The smallest absolute Gasteiger partial charge is 0.0463 e. The zero-order chi connectivity index (χ0) is 13.6. The molecular formula is C16H17NS3. The Morgan fingerprint density at radius 3 is 2.20 bits per heavy atom. The lowest BCUT2D eigenvalue weighted by Crippen LogP contribution is -2.24. The number of nitrogens with one attached hydrogen (secondary N) is 1. The Labute approximate surface area is 131 Å². The Morgan fingerprint density at radius 2 is 1.55 bits per heavy atom. The minimum Gasteiger partial charge on any atom is -0.309 e. The molecule has 4 heteroatoms. The molecule has 0 amide bonds. The van der Waals surface area contributed by atoms with Gasteiger partial charge in [0.2, 0.25) is 0 Å². The molecular weight excluding hydrogens is 302 g/mol. The van der Waals surface area contributed by atoms with Gasteiger partial charge in [0.15, 0.2) is 0 Å². The fourth-order valence-corrected chi connectivity index (χ4v) is 4.48. The van der Waals surface area contributed by atoms with Crippen molar-refractivity contribution in [1.82, 2.24) is 5.32 Å². The van der Waals surface area contributed by atoms with Crippen molar-refractivity contribution in [3.63, 3.8) is 0 Å². The summed E-state index contributed by atoms with van der Waals surface area (Å²) in [6.45, 7) is 1.04. The lowest BCUT2D eigenvalue weighted by Gasteiger charge is -2.16. The van der Waals surface area contributed by atoms with E-state index in [1.165, 1.54) is 14.6 Å². The van der Waals surface area contributed by atoms with E-state index in [1.54, 1.807) is 0 Å². The molecule has 0 radical (unpaired) electrons. The Kier molecular flexibility index (Phi) is 5.03. The van der Waals surface area contributed by atoms with Crippen LogP contribution in [0.5, 0.6) is 0 Å². The lowest BCUT2D eigenvalue weighted by molar-refractivity contribution is 0.546. The van der Waals surface area contributed by atoms with Gasteiger partial charge in [-0.05, 0) is 40.8 Å². The highest BCUT2D eigenvalue weighted by Gasteiger charge is 2.13. The molecule has 3 aromatic heterocycles. The van der Waals surface area contributed by atoms with Crippen molar-refractivity contribution in [2.24, 2.45) is 0 Å². The minimum atomic E-state index is 0.439. The zero-order valence-corrected chi connectivity index (χ0v) is 13.6. The van der Waals surface area contributed by atoms with Gasteiger partial charge in [-0.2, -0.15) is 0 Å². The molecule has 0 saturated heterocycles. The van der Waals surface area contributed by atoms with Crippen LogP contribution in [0.1, 0.15) is 20.7 Å². The van der Waals surface area contributed by atoms with Gasteiger partial charge >= 0.3 is 0 Å². The van der Waals surface area contributed by atoms with E-state index in [0.29, 0.717) is 6.04 Å². The first-order chi connectivity index (χ1) is 9.92. The van der Waals surface area contributed by atoms with Crippen LogP contribution in [0.2, 0.25) is 0 Å². The molecule has 0 aliphatic rings. The number of hydrogen-bond acceptors (Lipinski definition) is 4. The lowest BCUT2D eigenvalue weighted by atomic mass is 10.1. The van der Waals surface area contributed by atoms with E-state index >= 15 is 0 Å². The van der Waals surface area contributed by atoms with Crippen LogP contribution in [0.25, 0.3) is 0 Å². The molecule has 0 bridgehead atoms. The third-order valence-electron chi connectivity index (χ3n) is 3.21. The predicted molar refractivity (Wildman–Crippen MR) is 91.1 cm³/mol. The van der Waals surface area contributed by atoms with Crippen LogP contribution in [0.15, 0.2) is 52.5 Å². The largest absolute Gasteiger partial charge is 0.309 e. The van der Waals surface area contributed by atoms with Gasteiger partial charge in [0.05, 0.1) is 0 Å². The molecule has 1 nitrogen and oxygen atoms in total. The second kappa shape index (κ2) is 7.18. The quantitative estimate of drug-likeness (QED) is 0.647. The molecule has 0 fully saturated rings. The van der Waals surface area contributed by atoms with Crippen molar-refractivity contribution in [1.29, 1.82) is 0 Å². The van der Waals surface area contributed by atoms with Crippen molar-refractivity contribution in [2.45, 2.75) is 18.9 Å². The first-order valence-corrected chi connectivity index (χ1v) is 9.37. The number of rotatable bonds is 7. The van der Waals surface area contributed by atoms with Gasteiger partial charge in [-0.1, -0.05) is 18.2 Å². The van der Waals surface area contributed by atoms with Crippen molar-refractivity contribution in [2.75, 3.05) is 6.54 Å². The fourth-order valence-electron chi connectivity index (χ4n) is 2.22. The Morgan fingerprint density at radius 1 is 0.850 bits per heavy atom. The molecule has 1 atom stereocenters. The van der Waals surface area contributed by atoms with Crippen molar-refractivity contribution >= 4 is 34.0 Å². The van der Waals surface area contributed by atoms with Crippen LogP contribution in [-0.2, 0) is 12.8 Å². The summed E-state index contributed by atoms with van der Waals surface area (Å²) in [5, 5.41) is 10.2. The Bertz CT molecular complexity index is 582. The van der Waals surface area contributed by atoms with E-state index in [9.17, 15) is 0 Å². The van der Waals surface area contributed by atoms with Gasteiger partial charge in [-0.25, -0.2) is 0 Å². The molecule has 3 heterocycles. The van der Waals surface area contributed by atoms with Gasteiger partial charge < -0.3 is 5.32 Å². The fraction of sp³-hybridized carbons (Fsp3) is 0.250. The average Bonchev–Trinajstić information content (AvgIpc) is 3.21.